The SMILES string of the molecule is C=C/C(F)=C(\C(F)=C/C)c1cc(Nc2ccc(C(=O)N3CCOCC3)cc2)c2c(n1)CNC2=O.CC. The first-order chi connectivity index (χ1) is 17.4. The summed E-state index contributed by atoms with van der Waals surface area (Å²) in [6.45, 7) is 11.1. The first kappa shape index (κ1) is 26.7. The molecule has 2 N–H and O–H groups in total. The van der Waals surface area contributed by atoms with Crippen molar-refractivity contribution >= 4 is 28.8 Å². The zero-order valence-electron chi connectivity index (χ0n) is 20.7. The lowest BCUT2D eigenvalue weighted by molar-refractivity contribution is 0.0303. The smallest absolute Gasteiger partial charge is 0.255 e. The normalized spacial score (nSPS) is 15.8. The van der Waals surface area contributed by atoms with Crippen LogP contribution in [0, 0.1) is 0 Å². The minimum atomic E-state index is -0.864. The number of allylic oxidation sites excluding steroid dienone is 5. The minimum absolute atomic E-state index is 0.0323. The minimum Gasteiger partial charge on any atom is -0.378 e. The molecule has 0 saturated carbocycles. The van der Waals surface area contributed by atoms with Crippen LogP contribution in [0.1, 0.15) is 52.9 Å². The Balaban J connectivity index is 0.00000176. The number of halogens is 2. The Bertz CT molecular complexity index is 1200. The molecule has 0 atom stereocenters. The van der Waals surface area contributed by atoms with Crippen LogP contribution in [0.4, 0.5) is 20.2 Å². The van der Waals surface area contributed by atoms with E-state index in [1.54, 1.807) is 29.2 Å². The van der Waals surface area contributed by atoms with E-state index in [4.69, 9.17) is 4.74 Å². The van der Waals surface area contributed by atoms with Crippen LogP contribution in [0.3, 0.4) is 0 Å². The van der Waals surface area contributed by atoms with Crippen LogP contribution >= 0.6 is 0 Å². The molecule has 7 nitrogen and oxygen atoms in total. The topological polar surface area (TPSA) is 83.6 Å². The lowest BCUT2D eigenvalue weighted by Crippen LogP contribution is -2.40. The van der Waals surface area contributed by atoms with Crippen LogP contribution < -0.4 is 10.6 Å². The second-order valence-corrected chi connectivity index (χ2v) is 7.73. The van der Waals surface area contributed by atoms with Crippen molar-refractivity contribution in [1.29, 1.82) is 0 Å². The second-order valence-electron chi connectivity index (χ2n) is 7.73. The fourth-order valence-corrected chi connectivity index (χ4v) is 3.86. The molecule has 1 saturated heterocycles. The zero-order chi connectivity index (χ0) is 26.2. The summed E-state index contributed by atoms with van der Waals surface area (Å²) in [6, 6.07) is 8.22. The standard InChI is InChI=1S/C25H24F2N4O3.C2H6/c1-3-17(26)22(18(27)4-2)19-13-20(23-21(30-19)14-28-24(23)32)29-16-7-5-15(6-8-16)25(33)31-9-11-34-12-10-31;1-2/h3-8,13H,1,9-12,14H2,2H3,(H,28,32)(H,29,30);1-2H3/b18-4+,22-17-;. The number of hydrogen-bond donors (Lipinski definition) is 2. The average Bonchev–Trinajstić information content (AvgIpc) is 3.30. The van der Waals surface area contributed by atoms with E-state index < -0.39 is 11.7 Å². The lowest BCUT2D eigenvalue weighted by atomic mass is 10.0. The number of carbonyl (C=O) groups is 2. The van der Waals surface area contributed by atoms with E-state index in [1.165, 1.54) is 13.0 Å². The summed E-state index contributed by atoms with van der Waals surface area (Å²) >= 11 is 0. The fraction of sp³-hybridized carbons (Fsp3) is 0.296. The third kappa shape index (κ3) is 5.68. The zero-order valence-corrected chi connectivity index (χ0v) is 20.7. The van der Waals surface area contributed by atoms with Crippen LogP contribution in [-0.2, 0) is 11.3 Å². The number of amides is 2. The molecule has 2 aliphatic rings. The molecule has 2 amide bonds. The Labute approximate surface area is 209 Å². The van der Waals surface area contributed by atoms with Gasteiger partial charge in [0.15, 0.2) is 0 Å². The van der Waals surface area contributed by atoms with Gasteiger partial charge in [0.05, 0.1) is 48.0 Å². The van der Waals surface area contributed by atoms with Gasteiger partial charge in [-0.1, -0.05) is 26.5 Å². The van der Waals surface area contributed by atoms with Crippen LogP contribution in [-0.4, -0.2) is 48.0 Å². The van der Waals surface area contributed by atoms with Gasteiger partial charge in [0, 0.05) is 24.3 Å². The molecule has 3 heterocycles. The van der Waals surface area contributed by atoms with Gasteiger partial charge < -0.3 is 20.3 Å². The highest BCUT2D eigenvalue weighted by atomic mass is 19.1. The molecule has 1 fully saturated rings. The number of aromatic nitrogens is 1. The van der Waals surface area contributed by atoms with Crippen LogP contribution in [0.2, 0.25) is 0 Å². The predicted octanol–water partition coefficient (Wildman–Crippen LogP) is 5.31. The summed E-state index contributed by atoms with van der Waals surface area (Å²) < 4.78 is 34.3. The van der Waals surface area contributed by atoms with Gasteiger partial charge in [-0.3, -0.25) is 9.59 Å². The molecule has 1 aromatic heterocycles. The van der Waals surface area contributed by atoms with Crippen LogP contribution in [0.15, 0.2) is 60.7 Å². The van der Waals surface area contributed by atoms with Crippen molar-refractivity contribution in [2.24, 2.45) is 0 Å². The van der Waals surface area contributed by atoms with Crippen LogP contribution in [0.25, 0.3) is 5.57 Å². The van der Waals surface area contributed by atoms with Gasteiger partial charge in [-0.15, -0.1) is 0 Å². The second kappa shape index (κ2) is 12.2. The fourth-order valence-electron chi connectivity index (χ4n) is 3.86. The molecule has 2 aromatic rings. The van der Waals surface area contributed by atoms with E-state index in [0.717, 1.165) is 12.2 Å². The first-order valence-electron chi connectivity index (χ1n) is 11.8. The molecule has 36 heavy (non-hydrogen) atoms. The first-order valence-corrected chi connectivity index (χ1v) is 11.8. The maximum atomic E-state index is 14.5. The number of nitrogens with zero attached hydrogens (tertiary/aromatic N) is 2. The molecule has 4 rings (SSSR count). The van der Waals surface area contributed by atoms with Gasteiger partial charge in [-0.2, -0.15) is 0 Å². The molecule has 0 aliphatic carbocycles. The summed E-state index contributed by atoms with van der Waals surface area (Å²) in [5.74, 6) is -2.08. The third-order valence-electron chi connectivity index (χ3n) is 5.61. The molecule has 0 radical (unpaired) electrons. The molecule has 1 aromatic carbocycles. The highest BCUT2D eigenvalue weighted by molar-refractivity contribution is 6.04. The van der Waals surface area contributed by atoms with Gasteiger partial charge in [-0.05, 0) is 43.3 Å². The van der Waals surface area contributed by atoms with E-state index >= 15 is 0 Å². The molecule has 2 aliphatic heterocycles. The Morgan fingerprint density at radius 2 is 1.86 bits per heavy atom. The predicted molar refractivity (Wildman–Crippen MR) is 136 cm³/mol. The number of morpholine rings is 1. The highest BCUT2D eigenvalue weighted by Crippen LogP contribution is 2.34. The van der Waals surface area contributed by atoms with Gasteiger partial charge >= 0.3 is 0 Å². The van der Waals surface area contributed by atoms with E-state index in [1.807, 2.05) is 13.8 Å². The van der Waals surface area contributed by atoms with Crippen molar-refractivity contribution in [2.45, 2.75) is 27.3 Å². The van der Waals surface area contributed by atoms with Crippen molar-refractivity contribution in [1.82, 2.24) is 15.2 Å². The number of fused-ring (bicyclic) bond motifs is 1. The Kier molecular flexibility index (Phi) is 9.08. The number of ether oxygens (including phenoxy) is 1. The van der Waals surface area contributed by atoms with Crippen molar-refractivity contribution in [3.8, 4) is 0 Å². The number of benzene rings is 1. The summed E-state index contributed by atoms with van der Waals surface area (Å²) in [6.07, 6.45) is 2.04. The Morgan fingerprint density at radius 3 is 2.47 bits per heavy atom. The van der Waals surface area contributed by atoms with E-state index in [0.29, 0.717) is 54.5 Å². The summed E-state index contributed by atoms with van der Waals surface area (Å²) in [7, 11) is 0. The maximum absolute atomic E-state index is 14.5. The van der Waals surface area contributed by atoms with Gasteiger partial charge in [0.2, 0.25) is 0 Å². The van der Waals surface area contributed by atoms with E-state index in [-0.39, 0.29) is 29.6 Å². The Morgan fingerprint density at radius 1 is 1.19 bits per heavy atom. The van der Waals surface area contributed by atoms with E-state index in [9.17, 15) is 18.4 Å². The number of nitrogens with one attached hydrogen (secondary N) is 2. The Hall–Kier alpha value is -3.85. The summed E-state index contributed by atoms with van der Waals surface area (Å²) in [5, 5.41) is 5.81. The van der Waals surface area contributed by atoms with Gasteiger partial charge in [-0.25, -0.2) is 13.8 Å². The third-order valence-corrected chi connectivity index (χ3v) is 5.61. The molecule has 190 valence electrons. The van der Waals surface area contributed by atoms with Crippen molar-refractivity contribution < 1.29 is 23.1 Å². The van der Waals surface area contributed by atoms with Crippen molar-refractivity contribution in [2.75, 3.05) is 31.6 Å². The average molecular weight is 497 g/mol. The molecule has 0 unspecified atom stereocenters. The largest absolute Gasteiger partial charge is 0.378 e. The number of pyridine rings is 1. The number of rotatable bonds is 6. The summed E-state index contributed by atoms with van der Waals surface area (Å²) in [4.78, 5) is 31.1. The highest BCUT2D eigenvalue weighted by Gasteiger charge is 2.27. The lowest BCUT2D eigenvalue weighted by Gasteiger charge is -2.26. The number of carbonyl (C=O) groups excluding carboxylic acids is 2. The number of hydrogen-bond acceptors (Lipinski definition) is 5. The maximum Gasteiger partial charge on any atom is 0.255 e. The molecular weight excluding hydrogens is 466 g/mol. The van der Waals surface area contributed by atoms with Crippen molar-refractivity contribution in [3.05, 3.63) is 83.2 Å². The van der Waals surface area contributed by atoms with Gasteiger partial charge in [0.25, 0.3) is 11.8 Å². The molecule has 9 heteroatoms. The summed E-state index contributed by atoms with van der Waals surface area (Å²) in [5.41, 5.74) is 1.84. The monoisotopic (exact) mass is 496 g/mol. The van der Waals surface area contributed by atoms with Crippen molar-refractivity contribution in [3.63, 3.8) is 0 Å². The number of anilines is 2. The quantitative estimate of drug-likeness (QED) is 0.530. The van der Waals surface area contributed by atoms with Gasteiger partial charge in [0.1, 0.15) is 11.7 Å². The van der Waals surface area contributed by atoms with Crippen LogP contribution in [0.5, 0.6) is 0 Å². The molecule has 0 bridgehead atoms. The molecule has 0 spiro atoms. The molecular formula is C27H30F2N4O3. The van der Waals surface area contributed by atoms with E-state index in [2.05, 4.69) is 22.2 Å².